The summed E-state index contributed by atoms with van der Waals surface area (Å²) in [5, 5.41) is 3.01. The number of halogens is 4. The second kappa shape index (κ2) is 8.46. The zero-order valence-electron chi connectivity index (χ0n) is 16.0. The minimum absolute atomic E-state index is 0.000790. The average Bonchev–Trinajstić information content (AvgIpc) is 3.07. The maximum Gasteiger partial charge on any atom is 0.271 e. The molecule has 160 valence electrons. The van der Waals surface area contributed by atoms with Crippen LogP contribution >= 0.6 is 11.6 Å². The predicted molar refractivity (Wildman–Crippen MR) is 107 cm³/mol. The molecule has 7 nitrogen and oxygen atoms in total. The van der Waals surface area contributed by atoms with Gasteiger partial charge in [0.05, 0.1) is 28.5 Å². The van der Waals surface area contributed by atoms with E-state index in [-0.39, 0.29) is 36.0 Å². The molecule has 1 aliphatic heterocycles. The first-order chi connectivity index (χ1) is 14.9. The fourth-order valence-electron chi connectivity index (χ4n) is 3.43. The number of carbonyl (C=O) groups is 1. The molecule has 0 bridgehead atoms. The number of benzene rings is 1. The summed E-state index contributed by atoms with van der Waals surface area (Å²) in [4.78, 5) is 30.1. The number of alkyl halides is 2. The van der Waals surface area contributed by atoms with Crippen LogP contribution < -0.4 is 5.32 Å². The van der Waals surface area contributed by atoms with Gasteiger partial charge in [-0.05, 0) is 18.2 Å². The third-order valence-corrected chi connectivity index (χ3v) is 5.11. The quantitative estimate of drug-likeness (QED) is 0.641. The third kappa shape index (κ3) is 4.29. The van der Waals surface area contributed by atoms with Crippen molar-refractivity contribution in [3.05, 3.63) is 65.5 Å². The summed E-state index contributed by atoms with van der Waals surface area (Å²) >= 11 is 5.73. The number of rotatable bonds is 5. The van der Waals surface area contributed by atoms with Crippen molar-refractivity contribution in [2.24, 2.45) is 0 Å². The number of aromatic nitrogens is 4. The smallest absolute Gasteiger partial charge is 0.271 e. The van der Waals surface area contributed by atoms with Crippen molar-refractivity contribution in [2.45, 2.75) is 18.4 Å². The molecule has 0 unspecified atom stereocenters. The van der Waals surface area contributed by atoms with Crippen LogP contribution in [0, 0.1) is 5.82 Å². The number of anilines is 1. The number of hydrogen-bond donors (Lipinski definition) is 1. The Balaban J connectivity index is 1.63. The van der Waals surface area contributed by atoms with Crippen molar-refractivity contribution < 1.29 is 18.0 Å². The Kier molecular flexibility index (Phi) is 5.73. The molecule has 0 spiro atoms. The van der Waals surface area contributed by atoms with E-state index in [9.17, 15) is 18.0 Å². The Morgan fingerprint density at radius 2 is 1.87 bits per heavy atom. The highest BCUT2D eigenvalue weighted by Gasteiger charge is 2.51. The molecule has 11 heteroatoms. The van der Waals surface area contributed by atoms with E-state index in [1.54, 1.807) is 6.07 Å². The van der Waals surface area contributed by atoms with Crippen LogP contribution in [0.5, 0.6) is 0 Å². The van der Waals surface area contributed by atoms with Crippen LogP contribution in [-0.2, 0) is 0 Å². The summed E-state index contributed by atoms with van der Waals surface area (Å²) in [6.07, 6.45) is 4.95. The van der Waals surface area contributed by atoms with E-state index in [2.05, 4.69) is 25.3 Å². The van der Waals surface area contributed by atoms with E-state index in [1.807, 2.05) is 0 Å². The first kappa shape index (κ1) is 21.0. The van der Waals surface area contributed by atoms with Gasteiger partial charge in [0.15, 0.2) is 5.82 Å². The molecule has 0 radical (unpaired) electrons. The van der Waals surface area contributed by atoms with Gasteiger partial charge >= 0.3 is 0 Å². The fourth-order valence-corrected chi connectivity index (χ4v) is 3.52. The minimum atomic E-state index is -3.15. The highest BCUT2D eigenvalue weighted by molar-refractivity contribution is 6.30. The standard InChI is InChI=1S/C20H16ClF3N6O/c21-12-9-27-19(28-10-12)29-11-15-20(23,24)5-8-30(15)18(31)13-3-1-4-14(22)16(13)17-25-6-2-7-26-17/h1-4,6-7,9-10,15H,5,8,11H2,(H,27,28,29)/t15-/m1/s1. The molecule has 1 aromatic carbocycles. The lowest BCUT2D eigenvalue weighted by atomic mass is 10.0. The molecule has 1 atom stereocenters. The second-order valence-electron chi connectivity index (χ2n) is 6.87. The Morgan fingerprint density at radius 3 is 2.58 bits per heavy atom. The van der Waals surface area contributed by atoms with Gasteiger partial charge in [-0.2, -0.15) is 0 Å². The fraction of sp³-hybridized carbons (Fsp3) is 0.250. The van der Waals surface area contributed by atoms with Crippen LogP contribution in [-0.4, -0.2) is 55.8 Å². The van der Waals surface area contributed by atoms with E-state index in [4.69, 9.17) is 11.6 Å². The zero-order chi connectivity index (χ0) is 22.0. The van der Waals surface area contributed by atoms with Gasteiger partial charge in [-0.25, -0.2) is 33.1 Å². The molecule has 1 aliphatic rings. The van der Waals surface area contributed by atoms with Gasteiger partial charge in [-0.1, -0.05) is 17.7 Å². The monoisotopic (exact) mass is 448 g/mol. The van der Waals surface area contributed by atoms with Crippen LogP contribution in [0.2, 0.25) is 5.02 Å². The number of hydrogen-bond acceptors (Lipinski definition) is 6. The van der Waals surface area contributed by atoms with Crippen LogP contribution in [0.3, 0.4) is 0 Å². The average molecular weight is 449 g/mol. The van der Waals surface area contributed by atoms with Crippen molar-refractivity contribution in [2.75, 3.05) is 18.4 Å². The number of carbonyl (C=O) groups excluding carboxylic acids is 1. The molecule has 1 N–H and O–H groups in total. The van der Waals surface area contributed by atoms with E-state index in [1.165, 1.54) is 36.9 Å². The Labute approximate surface area is 180 Å². The molecule has 3 heterocycles. The molecular formula is C20H16ClF3N6O. The summed E-state index contributed by atoms with van der Waals surface area (Å²) < 4.78 is 43.8. The summed E-state index contributed by atoms with van der Waals surface area (Å²) in [5.74, 6) is -4.50. The molecule has 0 saturated carbocycles. The van der Waals surface area contributed by atoms with E-state index >= 15 is 0 Å². The Morgan fingerprint density at radius 1 is 1.16 bits per heavy atom. The molecule has 1 amide bonds. The zero-order valence-corrected chi connectivity index (χ0v) is 16.7. The van der Waals surface area contributed by atoms with Gasteiger partial charge in [-0.3, -0.25) is 4.79 Å². The van der Waals surface area contributed by atoms with Crippen molar-refractivity contribution >= 4 is 23.5 Å². The van der Waals surface area contributed by atoms with Gasteiger partial charge < -0.3 is 10.2 Å². The SMILES string of the molecule is O=C(c1cccc(F)c1-c1ncccn1)N1CCC(F)(F)[C@H]1CNc1ncc(Cl)cn1. The van der Waals surface area contributed by atoms with E-state index in [0.29, 0.717) is 5.02 Å². The van der Waals surface area contributed by atoms with E-state index < -0.39 is 30.1 Å². The van der Waals surface area contributed by atoms with Gasteiger partial charge in [0.1, 0.15) is 11.9 Å². The van der Waals surface area contributed by atoms with Crippen LogP contribution in [0.4, 0.5) is 19.1 Å². The lowest BCUT2D eigenvalue weighted by molar-refractivity contribution is -0.0248. The molecule has 1 fully saturated rings. The van der Waals surface area contributed by atoms with Crippen LogP contribution in [0.25, 0.3) is 11.4 Å². The van der Waals surface area contributed by atoms with Crippen molar-refractivity contribution in [1.29, 1.82) is 0 Å². The van der Waals surface area contributed by atoms with Gasteiger partial charge in [0.25, 0.3) is 11.8 Å². The van der Waals surface area contributed by atoms with Crippen molar-refractivity contribution in [3.8, 4) is 11.4 Å². The normalized spacial score (nSPS) is 17.5. The maximum atomic E-state index is 14.6. The predicted octanol–water partition coefficient (Wildman–Crippen LogP) is 3.69. The lowest BCUT2D eigenvalue weighted by Crippen LogP contribution is -2.47. The number of amides is 1. The Hall–Kier alpha value is -3.27. The Bertz CT molecular complexity index is 1080. The van der Waals surface area contributed by atoms with Gasteiger partial charge in [0.2, 0.25) is 5.95 Å². The molecule has 2 aromatic heterocycles. The molecule has 3 aromatic rings. The molecule has 4 rings (SSSR count). The van der Waals surface area contributed by atoms with Crippen LogP contribution in [0.15, 0.2) is 49.1 Å². The number of likely N-dealkylation sites (tertiary alicyclic amines) is 1. The second-order valence-corrected chi connectivity index (χ2v) is 7.30. The van der Waals surface area contributed by atoms with Gasteiger partial charge in [0, 0.05) is 31.9 Å². The van der Waals surface area contributed by atoms with Crippen molar-refractivity contribution in [1.82, 2.24) is 24.8 Å². The topological polar surface area (TPSA) is 83.9 Å². The molecule has 31 heavy (non-hydrogen) atoms. The van der Waals surface area contributed by atoms with Gasteiger partial charge in [-0.15, -0.1) is 0 Å². The molecule has 1 saturated heterocycles. The van der Waals surface area contributed by atoms with E-state index in [0.717, 1.165) is 11.0 Å². The highest BCUT2D eigenvalue weighted by Crippen LogP contribution is 2.36. The van der Waals surface area contributed by atoms with Crippen molar-refractivity contribution in [3.63, 3.8) is 0 Å². The number of nitrogens with one attached hydrogen (secondary N) is 1. The van der Waals surface area contributed by atoms with Crippen LogP contribution in [0.1, 0.15) is 16.8 Å². The summed E-state index contributed by atoms with van der Waals surface area (Å²) in [6.45, 7) is -0.488. The first-order valence-electron chi connectivity index (χ1n) is 9.33. The number of nitrogens with zero attached hydrogens (tertiary/aromatic N) is 5. The minimum Gasteiger partial charge on any atom is -0.352 e. The summed E-state index contributed by atoms with van der Waals surface area (Å²) in [6, 6.07) is 3.95. The first-order valence-corrected chi connectivity index (χ1v) is 9.71. The largest absolute Gasteiger partial charge is 0.352 e. The lowest BCUT2D eigenvalue weighted by Gasteiger charge is -2.28. The highest BCUT2D eigenvalue weighted by atomic mass is 35.5. The summed E-state index contributed by atoms with van der Waals surface area (Å²) in [5.41, 5.74) is -0.215. The summed E-state index contributed by atoms with van der Waals surface area (Å²) in [7, 11) is 0. The molecular weight excluding hydrogens is 433 g/mol. The third-order valence-electron chi connectivity index (χ3n) is 4.92. The molecule has 0 aliphatic carbocycles. The maximum absolute atomic E-state index is 14.6.